The third-order valence-electron chi connectivity index (χ3n) is 4.96. The van der Waals surface area contributed by atoms with Crippen LogP contribution in [0.3, 0.4) is 0 Å². The van der Waals surface area contributed by atoms with E-state index in [0.29, 0.717) is 18.7 Å². The molecule has 0 bridgehead atoms. The second-order valence-electron chi connectivity index (χ2n) is 6.90. The van der Waals surface area contributed by atoms with Gasteiger partial charge in [0.25, 0.3) is 5.91 Å². The average Bonchev–Trinajstić information content (AvgIpc) is 2.74. The minimum absolute atomic E-state index is 0.0602. The zero-order valence-corrected chi connectivity index (χ0v) is 17.2. The van der Waals surface area contributed by atoms with E-state index >= 15 is 0 Å². The molecule has 2 aromatic carbocycles. The molecule has 7 nitrogen and oxygen atoms in total. The lowest BCUT2D eigenvalue weighted by molar-refractivity contribution is 0.0746. The predicted molar refractivity (Wildman–Crippen MR) is 111 cm³/mol. The Balaban J connectivity index is 1.62. The number of carbonyl (C=O) groups is 1. The molecule has 1 amide bonds. The minimum Gasteiger partial charge on any atom is -0.368 e. The molecule has 0 aromatic heterocycles. The van der Waals surface area contributed by atoms with Crippen LogP contribution in [-0.4, -0.2) is 51.9 Å². The lowest BCUT2D eigenvalue weighted by Gasteiger charge is -2.36. The molecule has 0 spiro atoms. The van der Waals surface area contributed by atoms with E-state index in [2.05, 4.69) is 28.7 Å². The number of carbonyl (C=O) groups excluding carboxylic acids is 1. The van der Waals surface area contributed by atoms with Crippen LogP contribution in [0.1, 0.15) is 22.3 Å². The summed E-state index contributed by atoms with van der Waals surface area (Å²) in [4.78, 5) is 16.9. The van der Waals surface area contributed by atoms with E-state index in [4.69, 9.17) is 5.26 Å². The Morgan fingerprint density at radius 2 is 1.72 bits per heavy atom. The van der Waals surface area contributed by atoms with Gasteiger partial charge in [-0.25, -0.2) is 13.1 Å². The van der Waals surface area contributed by atoms with Crippen molar-refractivity contribution in [2.24, 2.45) is 0 Å². The van der Waals surface area contributed by atoms with Crippen molar-refractivity contribution >= 4 is 21.6 Å². The first kappa shape index (κ1) is 20.8. The fraction of sp³-hybridized carbons (Fsp3) is 0.333. The number of hydrogen-bond donors (Lipinski definition) is 1. The maximum Gasteiger partial charge on any atom is 0.253 e. The normalized spacial score (nSPS) is 14.5. The SMILES string of the molecule is Cc1ccccc1N1CCN(C(=O)c2ccc(S(=O)(=O)NCCC#N)cc2)CC1. The predicted octanol–water partition coefficient (Wildman–Crippen LogP) is 2.15. The molecule has 152 valence electrons. The Hall–Kier alpha value is -2.89. The summed E-state index contributed by atoms with van der Waals surface area (Å²) in [5.41, 5.74) is 2.87. The summed E-state index contributed by atoms with van der Waals surface area (Å²) in [7, 11) is -3.67. The quantitative estimate of drug-likeness (QED) is 0.734. The highest BCUT2D eigenvalue weighted by Gasteiger charge is 2.23. The number of nitriles is 1. The Morgan fingerprint density at radius 1 is 1.07 bits per heavy atom. The number of rotatable bonds is 6. The summed E-state index contributed by atoms with van der Waals surface area (Å²) in [5.74, 6) is -0.101. The molecule has 3 rings (SSSR count). The van der Waals surface area contributed by atoms with Crippen LogP contribution in [0.4, 0.5) is 5.69 Å². The van der Waals surface area contributed by atoms with E-state index in [-0.39, 0.29) is 23.8 Å². The molecule has 0 atom stereocenters. The van der Waals surface area contributed by atoms with E-state index in [1.54, 1.807) is 4.90 Å². The lowest BCUT2D eigenvalue weighted by atomic mass is 10.1. The summed E-state index contributed by atoms with van der Waals surface area (Å²) >= 11 is 0. The van der Waals surface area contributed by atoms with Crippen molar-refractivity contribution < 1.29 is 13.2 Å². The largest absolute Gasteiger partial charge is 0.368 e. The van der Waals surface area contributed by atoms with Crippen molar-refractivity contribution in [3.8, 4) is 6.07 Å². The number of hydrogen-bond acceptors (Lipinski definition) is 5. The zero-order chi connectivity index (χ0) is 20.9. The summed E-state index contributed by atoms with van der Waals surface area (Å²) in [6, 6.07) is 16.0. The van der Waals surface area contributed by atoms with Crippen molar-refractivity contribution in [3.05, 3.63) is 59.7 Å². The molecule has 2 aromatic rings. The molecule has 1 N–H and O–H groups in total. The number of nitrogens with zero attached hydrogens (tertiary/aromatic N) is 3. The number of piperazine rings is 1. The Kier molecular flexibility index (Phi) is 6.52. The number of nitrogens with one attached hydrogen (secondary N) is 1. The maximum absolute atomic E-state index is 12.8. The molecule has 8 heteroatoms. The average molecular weight is 413 g/mol. The van der Waals surface area contributed by atoms with E-state index in [1.807, 2.05) is 18.2 Å². The molecular weight excluding hydrogens is 388 g/mol. The van der Waals surface area contributed by atoms with Gasteiger partial charge in [0.2, 0.25) is 10.0 Å². The molecule has 1 heterocycles. The van der Waals surface area contributed by atoms with Gasteiger partial charge in [-0.05, 0) is 42.8 Å². The molecule has 29 heavy (non-hydrogen) atoms. The van der Waals surface area contributed by atoms with Crippen molar-refractivity contribution in [1.82, 2.24) is 9.62 Å². The first-order valence-corrected chi connectivity index (χ1v) is 11.0. The van der Waals surface area contributed by atoms with Crippen LogP contribution in [0.15, 0.2) is 53.4 Å². The zero-order valence-electron chi connectivity index (χ0n) is 16.3. The van der Waals surface area contributed by atoms with Crippen LogP contribution in [-0.2, 0) is 10.0 Å². The second-order valence-corrected chi connectivity index (χ2v) is 8.66. The van der Waals surface area contributed by atoms with Gasteiger partial charge in [-0.15, -0.1) is 0 Å². The molecule has 0 unspecified atom stereocenters. The summed E-state index contributed by atoms with van der Waals surface area (Å²) in [5, 5.41) is 8.52. The highest BCUT2D eigenvalue weighted by atomic mass is 32.2. The molecule has 0 aliphatic carbocycles. The molecule has 1 aliphatic rings. The molecule has 0 radical (unpaired) electrons. The maximum atomic E-state index is 12.8. The number of aryl methyl sites for hydroxylation is 1. The topological polar surface area (TPSA) is 93.5 Å². The minimum atomic E-state index is -3.67. The van der Waals surface area contributed by atoms with Gasteiger partial charge in [0.1, 0.15) is 0 Å². The van der Waals surface area contributed by atoms with Crippen LogP contribution >= 0.6 is 0 Å². The highest BCUT2D eigenvalue weighted by molar-refractivity contribution is 7.89. The van der Waals surface area contributed by atoms with Crippen molar-refractivity contribution in [3.63, 3.8) is 0 Å². The van der Waals surface area contributed by atoms with Gasteiger partial charge in [-0.1, -0.05) is 18.2 Å². The lowest BCUT2D eigenvalue weighted by Crippen LogP contribution is -2.49. The van der Waals surface area contributed by atoms with Crippen molar-refractivity contribution in [2.45, 2.75) is 18.2 Å². The highest BCUT2D eigenvalue weighted by Crippen LogP contribution is 2.21. The van der Waals surface area contributed by atoms with E-state index in [9.17, 15) is 13.2 Å². The standard InChI is InChI=1S/C21H24N4O3S/c1-17-5-2-3-6-20(17)24-13-15-25(16-14-24)21(26)18-7-9-19(10-8-18)29(27,28)23-12-4-11-22/h2-3,5-10,23H,4,12-16H2,1H3. The molecule has 1 saturated heterocycles. The van der Waals surface area contributed by atoms with E-state index in [1.165, 1.54) is 35.5 Å². The van der Waals surface area contributed by atoms with Crippen molar-refractivity contribution in [2.75, 3.05) is 37.6 Å². The fourth-order valence-electron chi connectivity index (χ4n) is 3.35. The summed E-state index contributed by atoms with van der Waals surface area (Å²) in [6.07, 6.45) is 0.101. The van der Waals surface area contributed by atoms with Crippen LogP contribution in [0.2, 0.25) is 0 Å². The van der Waals surface area contributed by atoms with Crippen molar-refractivity contribution in [1.29, 1.82) is 5.26 Å². The van der Waals surface area contributed by atoms with Gasteiger partial charge in [-0.3, -0.25) is 4.79 Å². The van der Waals surface area contributed by atoms with Gasteiger partial charge in [0.15, 0.2) is 0 Å². The molecule has 1 fully saturated rings. The number of anilines is 1. The number of sulfonamides is 1. The van der Waals surface area contributed by atoms with E-state index in [0.717, 1.165) is 13.1 Å². The number of benzene rings is 2. The van der Waals surface area contributed by atoms with E-state index < -0.39 is 10.0 Å². The number of amides is 1. The van der Waals surface area contributed by atoms with Crippen LogP contribution in [0.25, 0.3) is 0 Å². The van der Waals surface area contributed by atoms with Gasteiger partial charge in [0.05, 0.1) is 11.0 Å². The summed E-state index contributed by atoms with van der Waals surface area (Å²) < 4.78 is 26.7. The van der Waals surface area contributed by atoms with Gasteiger partial charge in [-0.2, -0.15) is 5.26 Å². The van der Waals surface area contributed by atoms with Crippen LogP contribution < -0.4 is 9.62 Å². The van der Waals surface area contributed by atoms with Crippen LogP contribution in [0, 0.1) is 18.3 Å². The third-order valence-corrected chi connectivity index (χ3v) is 6.44. The first-order chi connectivity index (χ1) is 13.9. The Bertz CT molecular complexity index is 1000. The third kappa shape index (κ3) is 4.94. The van der Waals surface area contributed by atoms with Gasteiger partial charge in [0, 0.05) is 50.4 Å². The first-order valence-electron chi connectivity index (χ1n) is 9.49. The molecule has 0 saturated carbocycles. The summed E-state index contributed by atoms with van der Waals surface area (Å²) in [6.45, 7) is 4.88. The molecule has 1 aliphatic heterocycles. The van der Waals surface area contributed by atoms with Crippen LogP contribution in [0.5, 0.6) is 0 Å². The molecular formula is C21H24N4O3S. The number of para-hydroxylation sites is 1. The Morgan fingerprint density at radius 3 is 2.34 bits per heavy atom. The smallest absolute Gasteiger partial charge is 0.253 e. The fourth-order valence-corrected chi connectivity index (χ4v) is 4.38. The second kappa shape index (κ2) is 9.07. The van der Waals surface area contributed by atoms with Gasteiger partial charge >= 0.3 is 0 Å². The monoisotopic (exact) mass is 412 g/mol. The van der Waals surface area contributed by atoms with Gasteiger partial charge < -0.3 is 9.80 Å². The Labute approximate surface area is 171 Å².